The molecule has 0 unspecified atom stereocenters. The molecule has 0 saturated carbocycles. The number of hydrogen-bond acceptors (Lipinski definition) is 4. The van der Waals surface area contributed by atoms with Gasteiger partial charge in [0.1, 0.15) is 5.75 Å². The number of hydrogen-bond donors (Lipinski definition) is 2. The maximum atomic E-state index is 12.1. The van der Waals surface area contributed by atoms with Crippen molar-refractivity contribution in [3.05, 3.63) is 48.0 Å². The average molecular weight is 384 g/mol. The molecule has 0 radical (unpaired) electrons. The third kappa shape index (κ3) is 6.61. The Morgan fingerprint density at radius 1 is 1.00 bits per heavy atom. The molecule has 0 spiro atoms. The Labute approximate surface area is 154 Å². The van der Waals surface area contributed by atoms with Crippen LogP contribution < -0.4 is 24.8 Å². The summed E-state index contributed by atoms with van der Waals surface area (Å²) < 4.78 is 50.5. The van der Waals surface area contributed by atoms with Gasteiger partial charge in [-0.2, -0.15) is 0 Å². The van der Waals surface area contributed by atoms with Crippen molar-refractivity contribution in [2.45, 2.75) is 12.8 Å². The Hall–Kier alpha value is -3.10. The number of alkyl halides is 3. The minimum atomic E-state index is -4.75. The fourth-order valence-corrected chi connectivity index (χ4v) is 2.27. The summed E-state index contributed by atoms with van der Waals surface area (Å²) in [6.45, 7) is 0.358. The predicted molar refractivity (Wildman–Crippen MR) is 93.4 cm³/mol. The van der Waals surface area contributed by atoms with Gasteiger partial charge >= 0.3 is 12.4 Å². The third-order valence-corrected chi connectivity index (χ3v) is 3.49. The van der Waals surface area contributed by atoms with Crippen LogP contribution in [0.4, 0.5) is 23.7 Å². The first-order valence-corrected chi connectivity index (χ1v) is 7.92. The van der Waals surface area contributed by atoms with Crippen molar-refractivity contribution >= 4 is 11.7 Å². The maximum absolute atomic E-state index is 12.1. The Kier molecular flexibility index (Phi) is 6.75. The zero-order chi connectivity index (χ0) is 19.9. The van der Waals surface area contributed by atoms with Crippen molar-refractivity contribution in [2.24, 2.45) is 0 Å². The highest BCUT2D eigenvalue weighted by Gasteiger charge is 2.30. The molecule has 0 fully saturated rings. The van der Waals surface area contributed by atoms with E-state index >= 15 is 0 Å². The van der Waals surface area contributed by atoms with Gasteiger partial charge in [-0.3, -0.25) is 0 Å². The molecule has 2 aromatic rings. The van der Waals surface area contributed by atoms with E-state index in [1.165, 1.54) is 12.1 Å². The van der Waals surface area contributed by atoms with Crippen LogP contribution >= 0.6 is 0 Å². The zero-order valence-corrected chi connectivity index (χ0v) is 14.7. The van der Waals surface area contributed by atoms with E-state index in [0.717, 1.165) is 17.7 Å². The number of benzene rings is 2. The molecule has 0 bridgehead atoms. The van der Waals surface area contributed by atoms with E-state index in [2.05, 4.69) is 15.4 Å². The van der Waals surface area contributed by atoms with Crippen LogP contribution in [-0.2, 0) is 6.42 Å². The standard InChI is InChI=1S/C18H19F3N2O4/c1-25-15-8-3-12(11-16(15)26-2)9-10-22-17(24)23-13-4-6-14(7-5-13)27-18(19,20)21/h3-8,11H,9-10H2,1-2H3,(H2,22,23,24). The molecule has 2 N–H and O–H groups in total. The van der Waals surface area contributed by atoms with Gasteiger partial charge in [-0.25, -0.2) is 4.79 Å². The largest absolute Gasteiger partial charge is 0.573 e. The van der Waals surface area contributed by atoms with Crippen molar-refractivity contribution in [1.82, 2.24) is 5.32 Å². The van der Waals surface area contributed by atoms with Crippen LogP contribution in [0.5, 0.6) is 17.2 Å². The number of methoxy groups -OCH3 is 2. The summed E-state index contributed by atoms with van der Waals surface area (Å²) in [5.41, 5.74) is 1.29. The van der Waals surface area contributed by atoms with E-state index in [0.29, 0.717) is 30.2 Å². The van der Waals surface area contributed by atoms with Crippen LogP contribution in [0.2, 0.25) is 0 Å². The van der Waals surface area contributed by atoms with Crippen LogP contribution in [0.3, 0.4) is 0 Å². The molecule has 6 nitrogen and oxygen atoms in total. The van der Waals surface area contributed by atoms with E-state index < -0.39 is 12.4 Å². The lowest BCUT2D eigenvalue weighted by molar-refractivity contribution is -0.274. The monoisotopic (exact) mass is 384 g/mol. The second-order valence-electron chi connectivity index (χ2n) is 5.39. The smallest absolute Gasteiger partial charge is 0.493 e. The van der Waals surface area contributed by atoms with Crippen LogP contribution in [0.15, 0.2) is 42.5 Å². The van der Waals surface area contributed by atoms with Crippen LogP contribution in [-0.4, -0.2) is 33.2 Å². The number of anilines is 1. The van der Waals surface area contributed by atoms with E-state index in [-0.39, 0.29) is 5.75 Å². The van der Waals surface area contributed by atoms with E-state index in [1.54, 1.807) is 20.3 Å². The van der Waals surface area contributed by atoms with Crippen LogP contribution in [0.25, 0.3) is 0 Å². The normalized spacial score (nSPS) is 10.9. The van der Waals surface area contributed by atoms with Gasteiger partial charge in [-0.1, -0.05) is 6.07 Å². The molecule has 0 aliphatic heterocycles. The van der Waals surface area contributed by atoms with Crippen molar-refractivity contribution in [1.29, 1.82) is 0 Å². The molecule has 2 aromatic carbocycles. The summed E-state index contributed by atoms with van der Waals surface area (Å²) in [5, 5.41) is 5.19. The predicted octanol–water partition coefficient (Wildman–Crippen LogP) is 3.97. The highest BCUT2D eigenvalue weighted by molar-refractivity contribution is 5.89. The van der Waals surface area contributed by atoms with Gasteiger partial charge in [-0.15, -0.1) is 13.2 Å². The second kappa shape index (κ2) is 9.02. The summed E-state index contributed by atoms with van der Waals surface area (Å²) in [4.78, 5) is 11.9. The van der Waals surface area contributed by atoms with Gasteiger partial charge < -0.3 is 24.8 Å². The van der Waals surface area contributed by atoms with Crippen LogP contribution in [0.1, 0.15) is 5.56 Å². The average Bonchev–Trinajstić information content (AvgIpc) is 2.62. The summed E-state index contributed by atoms with van der Waals surface area (Å²) in [6.07, 6.45) is -4.19. The molecule has 2 amide bonds. The number of ether oxygens (including phenoxy) is 3. The number of urea groups is 1. The van der Waals surface area contributed by atoms with Crippen molar-refractivity contribution in [2.75, 3.05) is 26.1 Å². The molecule has 0 aromatic heterocycles. The molecule has 0 aliphatic carbocycles. The number of rotatable bonds is 7. The van der Waals surface area contributed by atoms with E-state index in [1.807, 2.05) is 12.1 Å². The Balaban J connectivity index is 1.81. The second-order valence-corrected chi connectivity index (χ2v) is 5.39. The summed E-state index contributed by atoms with van der Waals surface area (Å²) >= 11 is 0. The molecule has 0 atom stereocenters. The molecule has 0 aliphatic rings. The molecule has 146 valence electrons. The van der Waals surface area contributed by atoms with Gasteiger partial charge in [0, 0.05) is 12.2 Å². The molecule has 0 saturated heterocycles. The quantitative estimate of drug-likeness (QED) is 0.758. The summed E-state index contributed by atoms with van der Waals surface area (Å²) in [6, 6.07) is 9.85. The Bertz CT molecular complexity index is 764. The number of amides is 2. The van der Waals surface area contributed by atoms with Gasteiger partial charge in [0.2, 0.25) is 0 Å². The highest BCUT2D eigenvalue weighted by atomic mass is 19.4. The number of nitrogens with one attached hydrogen (secondary N) is 2. The fraction of sp³-hybridized carbons (Fsp3) is 0.278. The molecule has 2 rings (SSSR count). The first kappa shape index (κ1) is 20.2. The minimum Gasteiger partial charge on any atom is -0.493 e. The van der Waals surface area contributed by atoms with Crippen molar-refractivity contribution in [3.8, 4) is 17.2 Å². The van der Waals surface area contributed by atoms with E-state index in [4.69, 9.17) is 9.47 Å². The van der Waals surface area contributed by atoms with Gasteiger partial charge in [0.15, 0.2) is 11.5 Å². The first-order valence-electron chi connectivity index (χ1n) is 7.92. The topological polar surface area (TPSA) is 68.8 Å². The maximum Gasteiger partial charge on any atom is 0.573 e. The first-order chi connectivity index (χ1) is 12.8. The highest BCUT2D eigenvalue weighted by Crippen LogP contribution is 2.27. The Morgan fingerprint density at radius 3 is 2.26 bits per heavy atom. The molecule has 9 heteroatoms. The summed E-state index contributed by atoms with van der Waals surface area (Å²) in [7, 11) is 3.09. The zero-order valence-electron chi connectivity index (χ0n) is 14.7. The molecule has 27 heavy (non-hydrogen) atoms. The summed E-state index contributed by atoms with van der Waals surface area (Å²) in [5.74, 6) is 0.854. The van der Waals surface area contributed by atoms with Crippen molar-refractivity contribution in [3.63, 3.8) is 0 Å². The van der Waals surface area contributed by atoms with E-state index in [9.17, 15) is 18.0 Å². The lowest BCUT2D eigenvalue weighted by Gasteiger charge is -2.11. The molecule has 0 heterocycles. The SMILES string of the molecule is COc1ccc(CCNC(=O)Nc2ccc(OC(F)(F)F)cc2)cc1OC. The lowest BCUT2D eigenvalue weighted by atomic mass is 10.1. The molecular formula is C18H19F3N2O4. The number of carbonyl (C=O) groups is 1. The van der Waals surface area contributed by atoms with Crippen molar-refractivity contribution < 1.29 is 32.2 Å². The minimum absolute atomic E-state index is 0.341. The van der Waals surface area contributed by atoms with Gasteiger partial charge in [-0.05, 0) is 48.4 Å². The number of halogens is 3. The van der Waals surface area contributed by atoms with Gasteiger partial charge in [0.25, 0.3) is 0 Å². The number of carbonyl (C=O) groups excluding carboxylic acids is 1. The van der Waals surface area contributed by atoms with Crippen LogP contribution in [0, 0.1) is 0 Å². The Morgan fingerprint density at radius 2 is 1.67 bits per heavy atom. The van der Waals surface area contributed by atoms with Gasteiger partial charge in [0.05, 0.1) is 14.2 Å². The molecular weight excluding hydrogens is 365 g/mol. The fourth-order valence-electron chi connectivity index (χ4n) is 2.27. The lowest BCUT2D eigenvalue weighted by Crippen LogP contribution is -2.30. The third-order valence-electron chi connectivity index (χ3n) is 3.49.